The number of hydrogen-bond acceptors (Lipinski definition) is 3. The summed E-state index contributed by atoms with van der Waals surface area (Å²) in [5, 5.41) is 19.9. The quantitative estimate of drug-likeness (QED) is 0.820. The van der Waals surface area contributed by atoms with Gasteiger partial charge in [-0.05, 0) is 37.5 Å². The molecule has 0 aromatic heterocycles. The van der Waals surface area contributed by atoms with Crippen molar-refractivity contribution in [1.29, 1.82) is 0 Å². The van der Waals surface area contributed by atoms with Gasteiger partial charge in [-0.25, -0.2) is 0 Å². The smallest absolute Gasteiger partial charge is 0.0583 e. The number of likely N-dealkylation sites (tertiary alicyclic amines) is 1. The Morgan fingerprint density at radius 2 is 1.84 bits per heavy atom. The second-order valence-electron chi connectivity index (χ2n) is 7.60. The molecule has 1 heterocycles. The van der Waals surface area contributed by atoms with Gasteiger partial charge in [0.05, 0.1) is 6.10 Å². The van der Waals surface area contributed by atoms with Crippen molar-refractivity contribution in [3.63, 3.8) is 0 Å². The zero-order valence-corrected chi connectivity index (χ0v) is 12.2. The highest BCUT2D eigenvalue weighted by Crippen LogP contribution is 2.43. The minimum absolute atomic E-state index is 0.0635. The highest BCUT2D eigenvalue weighted by molar-refractivity contribution is 4.96. The maximum Gasteiger partial charge on any atom is 0.0583 e. The van der Waals surface area contributed by atoms with Crippen LogP contribution in [0, 0.1) is 23.2 Å². The summed E-state index contributed by atoms with van der Waals surface area (Å²) in [6.07, 6.45) is 7.04. The van der Waals surface area contributed by atoms with E-state index in [1.54, 1.807) is 0 Å². The van der Waals surface area contributed by atoms with Crippen LogP contribution in [-0.2, 0) is 0 Å². The third-order valence-corrected chi connectivity index (χ3v) is 6.12. The lowest BCUT2D eigenvalue weighted by Gasteiger charge is -2.41. The molecule has 0 bridgehead atoms. The molecule has 0 amide bonds. The molecule has 0 aromatic carbocycles. The molecule has 3 fully saturated rings. The first kappa shape index (κ1) is 13.8. The number of nitrogens with zero attached hydrogens (tertiary/aromatic N) is 1. The van der Waals surface area contributed by atoms with Crippen molar-refractivity contribution in [3.8, 4) is 0 Å². The van der Waals surface area contributed by atoms with Crippen LogP contribution in [0.2, 0.25) is 0 Å². The van der Waals surface area contributed by atoms with Gasteiger partial charge in [-0.3, -0.25) is 0 Å². The Labute approximate surface area is 117 Å². The van der Waals surface area contributed by atoms with Crippen molar-refractivity contribution in [2.24, 2.45) is 23.2 Å². The summed E-state index contributed by atoms with van der Waals surface area (Å²) in [6.45, 7) is 5.93. The van der Waals surface area contributed by atoms with Crippen molar-refractivity contribution >= 4 is 0 Å². The van der Waals surface area contributed by atoms with E-state index in [9.17, 15) is 10.2 Å². The molecule has 2 aliphatic carbocycles. The maximum atomic E-state index is 10.0. The van der Waals surface area contributed by atoms with Crippen LogP contribution in [0.4, 0.5) is 0 Å². The standard InChI is InChI=1S/C16H29NO2/c1-12-4-6-16(11-18,7-5-12)10-17-8-13-2-3-15(19)14(13)9-17/h12-15,18-19H,2-11H2,1H3. The van der Waals surface area contributed by atoms with Gasteiger partial charge in [0, 0.05) is 37.6 Å². The molecule has 0 aromatic rings. The van der Waals surface area contributed by atoms with Crippen LogP contribution >= 0.6 is 0 Å². The highest BCUT2D eigenvalue weighted by Gasteiger charge is 2.44. The van der Waals surface area contributed by atoms with Crippen LogP contribution in [0.3, 0.4) is 0 Å². The average molecular weight is 267 g/mol. The first-order chi connectivity index (χ1) is 9.12. The highest BCUT2D eigenvalue weighted by atomic mass is 16.3. The van der Waals surface area contributed by atoms with Gasteiger partial charge < -0.3 is 15.1 Å². The van der Waals surface area contributed by atoms with Gasteiger partial charge in [0.25, 0.3) is 0 Å². The van der Waals surface area contributed by atoms with Crippen molar-refractivity contribution in [1.82, 2.24) is 4.90 Å². The molecule has 3 atom stereocenters. The van der Waals surface area contributed by atoms with Crippen LogP contribution < -0.4 is 0 Å². The van der Waals surface area contributed by atoms with E-state index < -0.39 is 0 Å². The van der Waals surface area contributed by atoms with Crippen molar-refractivity contribution in [2.75, 3.05) is 26.2 Å². The van der Waals surface area contributed by atoms with E-state index in [1.165, 1.54) is 32.1 Å². The maximum absolute atomic E-state index is 10.0. The fourth-order valence-electron chi connectivity index (χ4n) is 4.67. The molecular weight excluding hydrogens is 238 g/mol. The SMILES string of the molecule is CC1CCC(CO)(CN2CC3CCC(O)C3C2)CC1. The first-order valence-corrected chi connectivity index (χ1v) is 8.13. The molecule has 3 unspecified atom stereocenters. The third-order valence-electron chi connectivity index (χ3n) is 6.12. The Morgan fingerprint density at radius 1 is 1.11 bits per heavy atom. The van der Waals surface area contributed by atoms with Gasteiger partial charge >= 0.3 is 0 Å². The molecule has 3 heteroatoms. The third kappa shape index (κ3) is 2.70. The number of fused-ring (bicyclic) bond motifs is 1. The Balaban J connectivity index is 1.59. The van der Waals surface area contributed by atoms with Gasteiger partial charge in [-0.15, -0.1) is 0 Å². The lowest BCUT2D eigenvalue weighted by molar-refractivity contribution is 0.0309. The van der Waals surface area contributed by atoms with E-state index in [0.717, 1.165) is 32.0 Å². The minimum Gasteiger partial charge on any atom is -0.396 e. The number of hydrogen-bond donors (Lipinski definition) is 2. The van der Waals surface area contributed by atoms with Crippen LogP contribution in [0.5, 0.6) is 0 Å². The second-order valence-corrected chi connectivity index (χ2v) is 7.60. The number of rotatable bonds is 3. The molecule has 2 N–H and O–H groups in total. The van der Waals surface area contributed by atoms with E-state index in [1.807, 2.05) is 0 Å². The number of aliphatic hydroxyl groups is 2. The van der Waals surface area contributed by atoms with Crippen molar-refractivity contribution < 1.29 is 10.2 Å². The van der Waals surface area contributed by atoms with E-state index in [2.05, 4.69) is 11.8 Å². The van der Waals surface area contributed by atoms with Gasteiger partial charge in [-0.1, -0.05) is 19.8 Å². The predicted molar refractivity (Wildman–Crippen MR) is 75.8 cm³/mol. The van der Waals surface area contributed by atoms with Crippen LogP contribution in [0.25, 0.3) is 0 Å². The summed E-state index contributed by atoms with van der Waals surface area (Å²) in [7, 11) is 0. The molecule has 3 nitrogen and oxygen atoms in total. The zero-order chi connectivity index (χ0) is 13.5. The van der Waals surface area contributed by atoms with Gasteiger partial charge in [-0.2, -0.15) is 0 Å². The monoisotopic (exact) mass is 267 g/mol. The zero-order valence-electron chi connectivity index (χ0n) is 12.2. The van der Waals surface area contributed by atoms with Crippen molar-refractivity contribution in [2.45, 2.75) is 51.6 Å². The summed E-state index contributed by atoms with van der Waals surface area (Å²) in [6, 6.07) is 0. The molecule has 0 radical (unpaired) electrons. The molecule has 0 spiro atoms. The summed E-state index contributed by atoms with van der Waals surface area (Å²) >= 11 is 0. The predicted octanol–water partition coefficient (Wildman–Crippen LogP) is 1.88. The summed E-state index contributed by atoms with van der Waals surface area (Å²) < 4.78 is 0. The summed E-state index contributed by atoms with van der Waals surface area (Å²) in [4.78, 5) is 2.53. The fourth-order valence-corrected chi connectivity index (χ4v) is 4.67. The molecule has 110 valence electrons. The largest absolute Gasteiger partial charge is 0.396 e. The Morgan fingerprint density at radius 3 is 2.47 bits per heavy atom. The van der Waals surface area contributed by atoms with E-state index in [0.29, 0.717) is 18.4 Å². The van der Waals surface area contributed by atoms with Crippen LogP contribution in [0.15, 0.2) is 0 Å². The van der Waals surface area contributed by atoms with E-state index in [-0.39, 0.29) is 11.5 Å². The van der Waals surface area contributed by atoms with Gasteiger partial charge in [0.2, 0.25) is 0 Å². The fraction of sp³-hybridized carbons (Fsp3) is 1.00. The topological polar surface area (TPSA) is 43.7 Å². The summed E-state index contributed by atoms with van der Waals surface area (Å²) in [5.41, 5.74) is 0.149. The summed E-state index contributed by atoms with van der Waals surface area (Å²) in [5.74, 6) is 2.06. The molecule has 1 aliphatic heterocycles. The molecule has 19 heavy (non-hydrogen) atoms. The second kappa shape index (κ2) is 5.34. The Hall–Kier alpha value is -0.120. The molecule has 3 aliphatic rings. The Kier molecular flexibility index (Phi) is 3.89. The lowest BCUT2D eigenvalue weighted by atomic mass is 9.71. The minimum atomic E-state index is -0.0635. The van der Waals surface area contributed by atoms with Gasteiger partial charge in [0.15, 0.2) is 0 Å². The molecule has 1 saturated heterocycles. The Bertz CT molecular complexity index is 312. The van der Waals surface area contributed by atoms with E-state index >= 15 is 0 Å². The van der Waals surface area contributed by atoms with E-state index in [4.69, 9.17) is 0 Å². The van der Waals surface area contributed by atoms with Crippen molar-refractivity contribution in [3.05, 3.63) is 0 Å². The molecule has 3 rings (SSSR count). The van der Waals surface area contributed by atoms with Crippen LogP contribution in [-0.4, -0.2) is 47.5 Å². The van der Waals surface area contributed by atoms with Crippen LogP contribution in [0.1, 0.15) is 45.4 Å². The average Bonchev–Trinajstić information content (AvgIpc) is 2.95. The normalized spacial score (nSPS) is 47.5. The number of aliphatic hydroxyl groups excluding tert-OH is 2. The molecular formula is C16H29NO2. The first-order valence-electron chi connectivity index (χ1n) is 8.13. The lowest BCUT2D eigenvalue weighted by Crippen LogP contribution is -2.42. The molecule has 2 saturated carbocycles. The van der Waals surface area contributed by atoms with Gasteiger partial charge in [0.1, 0.15) is 0 Å².